The molecule has 2 nitrogen and oxygen atoms in total. The molecule has 0 radical (unpaired) electrons. The molecule has 2 heterocycles. The van der Waals surface area contributed by atoms with Gasteiger partial charge < -0.3 is 9.13 Å². The maximum absolute atomic E-state index is 2.43. The fourth-order valence-corrected chi connectivity index (χ4v) is 9.23. The number of fused-ring (bicyclic) bond motifs is 12. The van der Waals surface area contributed by atoms with Gasteiger partial charge in [-0.1, -0.05) is 172 Å². The minimum absolute atomic E-state index is 0.794. The highest BCUT2D eigenvalue weighted by molar-refractivity contribution is 6.09. The third-order valence-corrected chi connectivity index (χ3v) is 12.2. The number of rotatable bonds is 4. The van der Waals surface area contributed by atoms with E-state index in [2.05, 4.69) is 205 Å². The molecule has 0 aliphatic heterocycles. The standard InChI is InChI=1S/C25H18N2.2C15H14/c1-5-13-22-18(9-1)19-10-2-6-14-23(19)26(22)17-27-24-15-7-3-11-20(24)21-12-4-8-16-25(21)27;2*1-2-11-7-8-13-10-12-5-3-4-6-14(12)15(13)9-11/h1-16H,17H2;2*3-9H,2,10H2,1H3. The Bertz CT molecular complexity index is 2770. The Labute approximate surface area is 335 Å². The molecule has 0 unspecified atom stereocenters. The van der Waals surface area contributed by atoms with Gasteiger partial charge in [-0.05, 0) is 106 Å². The van der Waals surface area contributed by atoms with E-state index in [0.717, 1.165) is 32.4 Å². The van der Waals surface area contributed by atoms with Crippen LogP contribution in [0.25, 0.3) is 65.9 Å². The smallest absolute Gasteiger partial charge is 0.100 e. The average molecular weight is 735 g/mol. The first-order chi connectivity index (χ1) is 28.2. The van der Waals surface area contributed by atoms with Gasteiger partial charge in [0.15, 0.2) is 0 Å². The van der Waals surface area contributed by atoms with E-state index in [1.54, 1.807) is 0 Å². The number of aromatic nitrogens is 2. The third-order valence-electron chi connectivity index (χ3n) is 12.2. The van der Waals surface area contributed by atoms with Crippen molar-refractivity contribution in [2.45, 2.75) is 46.2 Å². The zero-order valence-electron chi connectivity index (χ0n) is 32.8. The van der Waals surface area contributed by atoms with Crippen molar-refractivity contribution >= 4 is 43.6 Å². The lowest BCUT2D eigenvalue weighted by molar-refractivity contribution is 0.682. The van der Waals surface area contributed by atoms with E-state index in [4.69, 9.17) is 0 Å². The number of benzene rings is 8. The predicted molar refractivity (Wildman–Crippen MR) is 242 cm³/mol. The van der Waals surface area contributed by atoms with Crippen LogP contribution in [0, 0.1) is 0 Å². The predicted octanol–water partition coefficient (Wildman–Crippen LogP) is 14.0. The summed E-state index contributed by atoms with van der Waals surface area (Å²) < 4.78 is 4.87. The summed E-state index contributed by atoms with van der Waals surface area (Å²) in [5.41, 5.74) is 19.7. The molecule has 12 rings (SSSR count). The summed E-state index contributed by atoms with van der Waals surface area (Å²) in [7, 11) is 0. The molecule has 0 N–H and O–H groups in total. The van der Waals surface area contributed by atoms with E-state index >= 15 is 0 Å². The van der Waals surface area contributed by atoms with Crippen molar-refractivity contribution in [2.75, 3.05) is 0 Å². The summed E-state index contributed by atoms with van der Waals surface area (Å²) in [6, 6.07) is 66.1. The van der Waals surface area contributed by atoms with Crippen LogP contribution in [0.2, 0.25) is 0 Å². The van der Waals surface area contributed by atoms with Crippen LogP contribution in [-0.4, -0.2) is 9.13 Å². The molecule has 0 amide bonds. The van der Waals surface area contributed by atoms with Gasteiger partial charge in [-0.3, -0.25) is 0 Å². The Hall–Kier alpha value is -6.64. The molecule has 276 valence electrons. The first-order valence-corrected chi connectivity index (χ1v) is 20.5. The molecule has 2 aromatic heterocycles. The van der Waals surface area contributed by atoms with E-state index < -0.39 is 0 Å². The molecule has 10 aromatic rings. The number of hydrogen-bond acceptors (Lipinski definition) is 0. The minimum Gasteiger partial charge on any atom is -0.322 e. The van der Waals surface area contributed by atoms with Crippen molar-refractivity contribution < 1.29 is 0 Å². The molecular formula is C55H46N2. The summed E-state index contributed by atoms with van der Waals surface area (Å²) in [4.78, 5) is 0. The molecule has 57 heavy (non-hydrogen) atoms. The van der Waals surface area contributed by atoms with E-state index in [1.165, 1.54) is 99.2 Å². The van der Waals surface area contributed by atoms with Crippen LogP contribution >= 0.6 is 0 Å². The monoisotopic (exact) mass is 734 g/mol. The Balaban J connectivity index is 0.000000113. The summed E-state index contributed by atoms with van der Waals surface area (Å²) >= 11 is 0. The first-order valence-electron chi connectivity index (χ1n) is 20.5. The fraction of sp³-hybridized carbons (Fsp3) is 0.127. The van der Waals surface area contributed by atoms with Gasteiger partial charge in [-0.2, -0.15) is 0 Å². The van der Waals surface area contributed by atoms with Gasteiger partial charge in [0.25, 0.3) is 0 Å². The molecule has 0 atom stereocenters. The lowest BCUT2D eigenvalue weighted by Crippen LogP contribution is -2.07. The molecule has 0 spiro atoms. The van der Waals surface area contributed by atoms with Crippen LogP contribution in [0.1, 0.15) is 47.2 Å². The summed E-state index contributed by atoms with van der Waals surface area (Å²) in [6.07, 6.45) is 4.45. The number of nitrogens with zero attached hydrogens (tertiary/aromatic N) is 2. The van der Waals surface area contributed by atoms with Crippen LogP contribution in [0.5, 0.6) is 0 Å². The Morgan fingerprint density at radius 1 is 0.333 bits per heavy atom. The molecule has 0 saturated heterocycles. The van der Waals surface area contributed by atoms with Gasteiger partial charge in [-0.15, -0.1) is 0 Å². The van der Waals surface area contributed by atoms with Crippen molar-refractivity contribution in [1.29, 1.82) is 0 Å². The third kappa shape index (κ3) is 6.23. The fourth-order valence-electron chi connectivity index (χ4n) is 9.23. The quantitative estimate of drug-likeness (QED) is 0.170. The summed E-state index contributed by atoms with van der Waals surface area (Å²) in [6.45, 7) is 5.22. The second-order valence-corrected chi connectivity index (χ2v) is 15.4. The van der Waals surface area contributed by atoms with Crippen molar-refractivity contribution in [3.63, 3.8) is 0 Å². The zero-order chi connectivity index (χ0) is 38.3. The first kappa shape index (κ1) is 34.8. The minimum atomic E-state index is 0.794. The largest absolute Gasteiger partial charge is 0.322 e. The SMILES string of the molecule is CCc1ccc2c(c1)-c1ccccc1C2.CCc1ccc2c(c1)-c1ccccc1C2.c1ccc2c(c1)c1ccccc1n2Cn1c2ccccc2c2ccccc21. The molecule has 0 saturated carbocycles. The lowest BCUT2D eigenvalue weighted by atomic mass is 10.0. The zero-order valence-corrected chi connectivity index (χ0v) is 32.8. The second kappa shape index (κ2) is 14.8. The molecular weight excluding hydrogens is 689 g/mol. The van der Waals surface area contributed by atoms with E-state index in [0.29, 0.717) is 0 Å². The van der Waals surface area contributed by atoms with E-state index in [9.17, 15) is 0 Å². The summed E-state index contributed by atoms with van der Waals surface area (Å²) in [5, 5.41) is 5.26. The van der Waals surface area contributed by atoms with Crippen LogP contribution in [0.4, 0.5) is 0 Å². The molecule has 0 bridgehead atoms. The van der Waals surface area contributed by atoms with E-state index in [1.807, 2.05) is 0 Å². The molecule has 8 aromatic carbocycles. The topological polar surface area (TPSA) is 9.86 Å². The van der Waals surface area contributed by atoms with Crippen LogP contribution in [0.15, 0.2) is 182 Å². The lowest BCUT2D eigenvalue weighted by Gasteiger charge is -2.12. The van der Waals surface area contributed by atoms with Gasteiger partial charge >= 0.3 is 0 Å². The Morgan fingerprint density at radius 2 is 0.649 bits per heavy atom. The van der Waals surface area contributed by atoms with Gasteiger partial charge in [0, 0.05) is 21.5 Å². The van der Waals surface area contributed by atoms with Crippen LogP contribution in [0.3, 0.4) is 0 Å². The van der Waals surface area contributed by atoms with Gasteiger partial charge in [0.05, 0.1) is 22.1 Å². The van der Waals surface area contributed by atoms with Gasteiger partial charge in [-0.25, -0.2) is 0 Å². The summed E-state index contributed by atoms with van der Waals surface area (Å²) in [5.74, 6) is 0. The highest BCUT2D eigenvalue weighted by Gasteiger charge is 2.19. The Kier molecular flexibility index (Phi) is 9.03. The van der Waals surface area contributed by atoms with Crippen LogP contribution in [-0.2, 0) is 32.4 Å². The maximum atomic E-state index is 2.43. The van der Waals surface area contributed by atoms with Crippen molar-refractivity contribution in [3.05, 3.63) is 215 Å². The molecule has 2 heteroatoms. The Morgan fingerprint density at radius 3 is 1.02 bits per heavy atom. The molecule has 0 fully saturated rings. The number of aryl methyl sites for hydroxylation is 2. The maximum Gasteiger partial charge on any atom is 0.100 e. The van der Waals surface area contributed by atoms with Gasteiger partial charge in [0.2, 0.25) is 0 Å². The average Bonchev–Trinajstić information content (AvgIpc) is 4.02. The normalized spacial score (nSPS) is 12.1. The van der Waals surface area contributed by atoms with Crippen LogP contribution < -0.4 is 0 Å². The number of para-hydroxylation sites is 4. The molecule has 2 aliphatic carbocycles. The molecule has 2 aliphatic rings. The van der Waals surface area contributed by atoms with Crippen molar-refractivity contribution in [3.8, 4) is 22.3 Å². The van der Waals surface area contributed by atoms with Crippen molar-refractivity contribution in [2.24, 2.45) is 0 Å². The second-order valence-electron chi connectivity index (χ2n) is 15.4. The van der Waals surface area contributed by atoms with Gasteiger partial charge in [0.1, 0.15) is 6.67 Å². The number of hydrogen-bond donors (Lipinski definition) is 0. The van der Waals surface area contributed by atoms with E-state index in [-0.39, 0.29) is 0 Å². The van der Waals surface area contributed by atoms with Crippen molar-refractivity contribution in [1.82, 2.24) is 9.13 Å². The highest BCUT2D eigenvalue weighted by Crippen LogP contribution is 2.38. The highest BCUT2D eigenvalue weighted by atomic mass is 15.2.